The molecule has 6 rings (SSSR count). The molecule has 11 heteroatoms. The molecule has 4 N–H and O–H groups in total. The maximum Gasteiger partial charge on any atom is 0.408 e. The summed E-state index contributed by atoms with van der Waals surface area (Å²) in [5, 5.41) is 20.3. The van der Waals surface area contributed by atoms with E-state index in [0.717, 1.165) is 88.2 Å². The summed E-state index contributed by atoms with van der Waals surface area (Å²) in [7, 11) is 0. The maximum atomic E-state index is 14.7. The van der Waals surface area contributed by atoms with Gasteiger partial charge in [0, 0.05) is 22.5 Å². The van der Waals surface area contributed by atoms with Gasteiger partial charge in [-0.3, -0.25) is 24.1 Å². The van der Waals surface area contributed by atoms with Crippen LogP contribution in [0.25, 0.3) is 0 Å². The summed E-state index contributed by atoms with van der Waals surface area (Å²) in [6.07, 6.45) is 11.1. The Kier molecular flexibility index (Phi) is 12.0. The zero-order chi connectivity index (χ0) is 36.0. The highest BCUT2D eigenvalue weighted by Crippen LogP contribution is 2.40. The van der Waals surface area contributed by atoms with Gasteiger partial charge in [0.25, 0.3) is 5.91 Å². The van der Waals surface area contributed by atoms with E-state index < -0.39 is 47.7 Å². The van der Waals surface area contributed by atoms with Gasteiger partial charge in [-0.1, -0.05) is 105 Å². The van der Waals surface area contributed by atoms with E-state index in [4.69, 9.17) is 11.6 Å². The van der Waals surface area contributed by atoms with Crippen LogP contribution in [-0.2, 0) is 25.6 Å². The molecule has 2 aromatic rings. The van der Waals surface area contributed by atoms with Crippen molar-refractivity contribution >= 4 is 41.2 Å². The van der Waals surface area contributed by atoms with E-state index in [1.54, 1.807) is 12.1 Å². The molecule has 0 bridgehead atoms. The lowest BCUT2D eigenvalue weighted by Gasteiger charge is -2.38. The molecule has 4 fully saturated rings. The first-order valence-corrected chi connectivity index (χ1v) is 19.3. The Bertz CT molecular complexity index is 1570. The minimum Gasteiger partial charge on any atom is -0.465 e. The molecule has 10 nitrogen and oxygen atoms in total. The number of hydrogen-bond acceptors (Lipinski definition) is 5. The molecule has 2 aromatic carbocycles. The Hall–Kier alpha value is -3.92. The van der Waals surface area contributed by atoms with E-state index in [9.17, 15) is 29.1 Å². The normalized spacial score (nSPS) is 22.0. The summed E-state index contributed by atoms with van der Waals surface area (Å²) in [5.74, 6) is -2.82. The summed E-state index contributed by atoms with van der Waals surface area (Å²) in [6, 6.07) is 13.3. The van der Waals surface area contributed by atoms with Crippen LogP contribution < -0.4 is 16.0 Å². The van der Waals surface area contributed by atoms with Crippen LogP contribution in [0.2, 0.25) is 5.02 Å². The number of carbonyl (C=O) groups excluding carboxylic acids is 4. The fraction of sp³-hybridized carbons (Fsp3) is 0.575. The van der Waals surface area contributed by atoms with Crippen molar-refractivity contribution in [2.75, 3.05) is 0 Å². The van der Waals surface area contributed by atoms with Crippen LogP contribution in [0.3, 0.4) is 0 Å². The van der Waals surface area contributed by atoms with Gasteiger partial charge in [-0.2, -0.15) is 0 Å². The van der Waals surface area contributed by atoms with Crippen molar-refractivity contribution in [2.45, 2.75) is 132 Å². The van der Waals surface area contributed by atoms with Crippen molar-refractivity contribution in [3.63, 3.8) is 0 Å². The number of benzene rings is 2. The number of nitrogens with one attached hydrogen (secondary N) is 3. The molecule has 4 amide bonds. The summed E-state index contributed by atoms with van der Waals surface area (Å²) < 4.78 is 0. The molecule has 4 atom stereocenters. The van der Waals surface area contributed by atoms with Crippen molar-refractivity contribution in [3.05, 3.63) is 70.7 Å². The van der Waals surface area contributed by atoms with Crippen molar-refractivity contribution in [3.8, 4) is 0 Å². The van der Waals surface area contributed by atoms with Crippen molar-refractivity contribution < 1.29 is 29.1 Å². The fourth-order valence-electron chi connectivity index (χ4n) is 8.66. The molecule has 4 unspecified atom stereocenters. The first-order chi connectivity index (χ1) is 24.6. The second-order valence-corrected chi connectivity index (χ2v) is 15.8. The van der Waals surface area contributed by atoms with Gasteiger partial charge >= 0.3 is 6.09 Å². The quantitative estimate of drug-likeness (QED) is 0.164. The molecule has 1 spiro atoms. The number of amides is 4. The number of carbonyl (C=O) groups is 5. The van der Waals surface area contributed by atoms with Crippen LogP contribution in [0, 0.1) is 11.8 Å². The molecule has 0 radical (unpaired) electrons. The maximum absolute atomic E-state index is 14.7. The molecule has 0 aromatic heterocycles. The van der Waals surface area contributed by atoms with E-state index >= 15 is 0 Å². The Balaban J connectivity index is 1.32. The van der Waals surface area contributed by atoms with E-state index in [-0.39, 0.29) is 42.7 Å². The number of hydrogen-bond donors (Lipinski definition) is 4. The van der Waals surface area contributed by atoms with Gasteiger partial charge in [0.2, 0.25) is 17.6 Å². The smallest absolute Gasteiger partial charge is 0.408 e. The summed E-state index contributed by atoms with van der Waals surface area (Å²) in [5.41, 5.74) is 1.21. The van der Waals surface area contributed by atoms with E-state index in [2.05, 4.69) is 16.0 Å². The molecule has 1 aliphatic heterocycles. The number of nitrogens with zero attached hydrogens (tertiary/aromatic N) is 1. The molecule has 3 saturated carbocycles. The summed E-state index contributed by atoms with van der Waals surface area (Å²) in [6.45, 7) is 0. The minimum atomic E-state index is -1.28. The topological polar surface area (TPSA) is 145 Å². The molecular weight excluding hydrogens is 668 g/mol. The highest BCUT2D eigenvalue weighted by Gasteiger charge is 2.47. The first-order valence-electron chi connectivity index (χ1n) is 18.9. The number of halogens is 1. The van der Waals surface area contributed by atoms with Crippen LogP contribution in [0.4, 0.5) is 4.79 Å². The Morgan fingerprint density at radius 1 is 0.902 bits per heavy atom. The Labute approximate surface area is 305 Å². The lowest BCUT2D eigenvalue weighted by atomic mass is 9.78. The van der Waals surface area contributed by atoms with Crippen LogP contribution in [0.1, 0.15) is 113 Å². The average Bonchev–Trinajstić information content (AvgIpc) is 3.89. The summed E-state index contributed by atoms with van der Waals surface area (Å²) in [4.78, 5) is 69.8. The van der Waals surface area contributed by atoms with Gasteiger partial charge in [0.05, 0.1) is 12.1 Å². The molecule has 51 heavy (non-hydrogen) atoms. The van der Waals surface area contributed by atoms with Gasteiger partial charge in [-0.05, 0) is 80.5 Å². The van der Waals surface area contributed by atoms with Gasteiger partial charge in [0.1, 0.15) is 6.04 Å². The molecule has 1 heterocycles. The average molecular weight is 719 g/mol. The predicted molar refractivity (Wildman–Crippen MR) is 194 cm³/mol. The zero-order valence-electron chi connectivity index (χ0n) is 29.3. The second-order valence-electron chi connectivity index (χ2n) is 15.3. The van der Waals surface area contributed by atoms with Gasteiger partial charge in [-0.25, -0.2) is 4.79 Å². The molecule has 3 aliphatic carbocycles. The Morgan fingerprint density at radius 3 is 2.27 bits per heavy atom. The lowest BCUT2D eigenvalue weighted by molar-refractivity contribution is -0.141. The third kappa shape index (κ3) is 9.50. The van der Waals surface area contributed by atoms with Gasteiger partial charge < -0.3 is 21.1 Å². The number of rotatable bonds is 14. The molecule has 1 saturated heterocycles. The van der Waals surface area contributed by atoms with Crippen molar-refractivity contribution in [1.82, 2.24) is 20.9 Å². The largest absolute Gasteiger partial charge is 0.465 e. The third-order valence-corrected chi connectivity index (χ3v) is 11.7. The molecular formula is C40H51ClN4O6. The summed E-state index contributed by atoms with van der Waals surface area (Å²) >= 11 is 6.35. The van der Waals surface area contributed by atoms with Crippen LogP contribution in [0.5, 0.6) is 0 Å². The number of carboxylic acid groups (broad SMARTS) is 1. The molecule has 4 aliphatic rings. The van der Waals surface area contributed by atoms with E-state index in [1.807, 2.05) is 42.5 Å². The predicted octanol–water partition coefficient (Wildman–Crippen LogP) is 6.50. The number of ketones is 1. The second kappa shape index (κ2) is 16.6. The standard InChI is InChI=1S/C40H51ClN4O6/c41-30-16-10-13-27(21-30)23-33(28-14-6-2-7-15-28)45(39(50)51)34(22-26-11-4-1-5-12-26)37(48)43-32(35(46)38(49)42-31-17-18-31)24-29-25-40(44-36(29)47)19-8-3-9-20-40/h2,6-7,10,13-16,21,26,29,31-34H,1,3-5,8-9,11-12,17-20,22-25H2,(H,42,49)(H,43,48)(H,44,47)(H,50,51). The van der Waals surface area contributed by atoms with Crippen LogP contribution >= 0.6 is 11.6 Å². The minimum absolute atomic E-state index is 0.0237. The third-order valence-electron chi connectivity index (χ3n) is 11.5. The van der Waals surface area contributed by atoms with Gasteiger partial charge in [0.15, 0.2) is 0 Å². The number of Topliss-reactive ketones (excluding diaryl/α,β-unsaturated/α-hetero) is 1. The zero-order valence-corrected chi connectivity index (χ0v) is 30.0. The fourth-order valence-corrected chi connectivity index (χ4v) is 8.87. The van der Waals surface area contributed by atoms with Gasteiger partial charge in [-0.15, -0.1) is 0 Å². The monoisotopic (exact) mass is 718 g/mol. The molecule has 274 valence electrons. The van der Waals surface area contributed by atoms with Crippen LogP contribution in [0.15, 0.2) is 54.6 Å². The van der Waals surface area contributed by atoms with Crippen molar-refractivity contribution in [2.24, 2.45) is 11.8 Å². The van der Waals surface area contributed by atoms with E-state index in [0.29, 0.717) is 11.4 Å². The van der Waals surface area contributed by atoms with Crippen molar-refractivity contribution in [1.29, 1.82) is 0 Å². The Morgan fingerprint density at radius 2 is 1.61 bits per heavy atom. The first kappa shape index (κ1) is 36.9. The SMILES string of the molecule is O=C(NC1CC1)C(=O)C(CC1CC2(CCCCC2)NC1=O)NC(=O)C(CC1CCCCC1)N(C(=O)O)C(Cc1cccc(Cl)c1)c1ccccc1. The highest BCUT2D eigenvalue weighted by molar-refractivity contribution is 6.38. The van der Waals surface area contributed by atoms with E-state index in [1.165, 1.54) is 4.90 Å². The lowest BCUT2D eigenvalue weighted by Crippen LogP contribution is -2.56. The van der Waals surface area contributed by atoms with Crippen LogP contribution in [-0.4, -0.2) is 63.3 Å². The highest BCUT2D eigenvalue weighted by atomic mass is 35.5.